The number of aromatic amines is 1. The molecule has 0 saturated heterocycles. The molecule has 0 bridgehead atoms. The molecule has 2 aromatic carbocycles. The zero-order valence-corrected chi connectivity index (χ0v) is 16.4. The molecule has 0 atom stereocenters. The van der Waals surface area contributed by atoms with Crippen molar-refractivity contribution in [2.45, 2.75) is 4.90 Å². The van der Waals surface area contributed by atoms with Crippen molar-refractivity contribution in [2.75, 3.05) is 0 Å². The third-order valence-corrected chi connectivity index (χ3v) is 5.25. The SMILES string of the molecule is O=C(O)c1[nH]n(-c2ccc(S(=O)(=O)O)cc2)c(=O)c1N=Nc1ccc(Cl)c(Cl)c1. The summed E-state index contributed by atoms with van der Waals surface area (Å²) in [4.78, 5) is 23.7. The van der Waals surface area contributed by atoms with Crippen molar-refractivity contribution < 1.29 is 22.9 Å². The fourth-order valence-corrected chi connectivity index (χ4v) is 3.05. The Balaban J connectivity index is 2.06. The molecule has 0 unspecified atom stereocenters. The largest absolute Gasteiger partial charge is 0.476 e. The number of nitrogens with one attached hydrogen (secondary N) is 1. The van der Waals surface area contributed by atoms with Gasteiger partial charge in [0.1, 0.15) is 0 Å². The molecule has 0 aliphatic heterocycles. The van der Waals surface area contributed by atoms with E-state index >= 15 is 0 Å². The zero-order valence-electron chi connectivity index (χ0n) is 14.1. The molecule has 1 heterocycles. The van der Waals surface area contributed by atoms with Gasteiger partial charge in [0.25, 0.3) is 15.7 Å². The van der Waals surface area contributed by atoms with Crippen LogP contribution in [0.3, 0.4) is 0 Å². The summed E-state index contributed by atoms with van der Waals surface area (Å²) in [6.45, 7) is 0. The van der Waals surface area contributed by atoms with Crippen molar-refractivity contribution in [2.24, 2.45) is 10.2 Å². The normalized spacial score (nSPS) is 11.8. The summed E-state index contributed by atoms with van der Waals surface area (Å²) < 4.78 is 32.1. The first-order valence-electron chi connectivity index (χ1n) is 7.61. The summed E-state index contributed by atoms with van der Waals surface area (Å²) in [5.41, 5.74) is -1.51. The molecule has 3 N–H and O–H groups in total. The van der Waals surface area contributed by atoms with Crippen LogP contribution >= 0.6 is 23.2 Å². The lowest BCUT2D eigenvalue weighted by molar-refractivity contribution is 0.0690. The molecule has 3 rings (SSSR count). The maximum atomic E-state index is 12.6. The number of rotatable bonds is 5. The van der Waals surface area contributed by atoms with Crippen LogP contribution in [-0.4, -0.2) is 33.8 Å². The van der Waals surface area contributed by atoms with E-state index in [1.807, 2.05) is 0 Å². The topological polar surface area (TPSA) is 154 Å². The van der Waals surface area contributed by atoms with Gasteiger partial charge in [-0.2, -0.15) is 13.5 Å². The minimum absolute atomic E-state index is 0.112. The van der Waals surface area contributed by atoms with Gasteiger partial charge in [-0.25, -0.2) is 9.48 Å². The van der Waals surface area contributed by atoms with Gasteiger partial charge in [0.05, 0.1) is 26.3 Å². The molecule has 0 radical (unpaired) electrons. The van der Waals surface area contributed by atoms with Crippen molar-refractivity contribution in [3.63, 3.8) is 0 Å². The average Bonchev–Trinajstić information content (AvgIpc) is 2.99. The van der Waals surface area contributed by atoms with Crippen LogP contribution in [0, 0.1) is 0 Å². The molecule has 150 valence electrons. The predicted molar refractivity (Wildman–Crippen MR) is 104 cm³/mol. The lowest BCUT2D eigenvalue weighted by Crippen LogP contribution is -2.14. The van der Waals surface area contributed by atoms with E-state index in [4.69, 9.17) is 27.8 Å². The van der Waals surface area contributed by atoms with E-state index in [0.717, 1.165) is 16.8 Å². The van der Waals surface area contributed by atoms with E-state index in [9.17, 15) is 23.1 Å². The summed E-state index contributed by atoms with van der Waals surface area (Å²) in [5.74, 6) is -1.46. The second-order valence-electron chi connectivity index (χ2n) is 5.55. The smallest absolute Gasteiger partial charge is 0.356 e. The van der Waals surface area contributed by atoms with Crippen LogP contribution in [0.1, 0.15) is 10.5 Å². The van der Waals surface area contributed by atoms with E-state index in [1.54, 1.807) is 0 Å². The quantitative estimate of drug-likeness (QED) is 0.391. The van der Waals surface area contributed by atoms with Crippen LogP contribution in [0.5, 0.6) is 0 Å². The van der Waals surface area contributed by atoms with Crippen molar-refractivity contribution in [1.82, 2.24) is 9.78 Å². The average molecular weight is 457 g/mol. The molecule has 0 spiro atoms. The Bertz CT molecular complexity index is 1300. The van der Waals surface area contributed by atoms with E-state index in [1.165, 1.54) is 30.3 Å². The van der Waals surface area contributed by atoms with Crippen LogP contribution in [0.15, 0.2) is 62.4 Å². The Kier molecular flexibility index (Phi) is 5.57. The first kappa shape index (κ1) is 20.7. The second-order valence-corrected chi connectivity index (χ2v) is 7.78. The number of azo groups is 1. The monoisotopic (exact) mass is 456 g/mol. The number of benzene rings is 2. The molecular formula is C16H10Cl2N4O6S. The van der Waals surface area contributed by atoms with Crippen molar-refractivity contribution >= 4 is 50.7 Å². The van der Waals surface area contributed by atoms with Gasteiger partial charge in [-0.3, -0.25) is 14.4 Å². The predicted octanol–water partition coefficient (Wildman–Crippen LogP) is 3.83. The molecule has 13 heteroatoms. The van der Waals surface area contributed by atoms with Gasteiger partial charge >= 0.3 is 5.97 Å². The van der Waals surface area contributed by atoms with Crippen molar-refractivity contribution in [1.29, 1.82) is 0 Å². The summed E-state index contributed by atoms with van der Waals surface area (Å²) in [7, 11) is -4.42. The first-order chi connectivity index (χ1) is 13.6. The highest BCUT2D eigenvalue weighted by molar-refractivity contribution is 7.85. The summed E-state index contributed by atoms with van der Waals surface area (Å²) in [6, 6.07) is 8.82. The van der Waals surface area contributed by atoms with Gasteiger partial charge in [0, 0.05) is 0 Å². The van der Waals surface area contributed by atoms with E-state index in [-0.39, 0.29) is 26.3 Å². The first-order valence-corrected chi connectivity index (χ1v) is 9.80. The number of aromatic carboxylic acids is 1. The van der Waals surface area contributed by atoms with Gasteiger partial charge in [0.2, 0.25) is 0 Å². The Morgan fingerprint density at radius 3 is 2.24 bits per heavy atom. The fourth-order valence-electron chi connectivity index (χ4n) is 2.27. The molecule has 1 aromatic heterocycles. The molecular weight excluding hydrogens is 447 g/mol. The Morgan fingerprint density at radius 1 is 1.03 bits per heavy atom. The number of carboxylic acids is 1. The van der Waals surface area contributed by atoms with Crippen LogP contribution in [-0.2, 0) is 10.1 Å². The van der Waals surface area contributed by atoms with Crippen molar-refractivity contribution in [3.8, 4) is 5.69 Å². The Labute approximate surface area is 172 Å². The standard InChI is InChI=1S/C16H10Cl2N4O6S/c17-11-6-1-8(7-12(11)18)19-20-13-14(16(24)25)21-22(15(13)23)9-2-4-10(5-3-9)29(26,27)28/h1-7,21H,(H,24,25)(H,26,27,28). The molecule has 0 aliphatic rings. The lowest BCUT2D eigenvalue weighted by atomic mass is 10.3. The molecule has 0 amide bonds. The Hall–Kier alpha value is -2.99. The third-order valence-electron chi connectivity index (χ3n) is 3.64. The number of halogens is 2. The highest BCUT2D eigenvalue weighted by Crippen LogP contribution is 2.28. The van der Waals surface area contributed by atoms with Crippen molar-refractivity contribution in [3.05, 3.63) is 68.6 Å². The maximum absolute atomic E-state index is 12.6. The Morgan fingerprint density at radius 2 is 1.69 bits per heavy atom. The highest BCUT2D eigenvalue weighted by Gasteiger charge is 2.21. The highest BCUT2D eigenvalue weighted by atomic mass is 35.5. The van der Waals surface area contributed by atoms with E-state index in [0.29, 0.717) is 0 Å². The minimum Gasteiger partial charge on any atom is -0.476 e. The fraction of sp³-hybridized carbons (Fsp3) is 0. The zero-order chi connectivity index (χ0) is 21.3. The molecule has 0 saturated carbocycles. The number of H-pyrrole nitrogens is 1. The number of hydrogen-bond acceptors (Lipinski definition) is 6. The summed E-state index contributed by atoms with van der Waals surface area (Å²) in [6.07, 6.45) is 0. The van der Waals surface area contributed by atoms with E-state index < -0.39 is 33.0 Å². The number of carboxylic acid groups (broad SMARTS) is 1. The van der Waals surface area contributed by atoms with Gasteiger partial charge in [-0.1, -0.05) is 23.2 Å². The number of hydrogen-bond donors (Lipinski definition) is 3. The summed E-state index contributed by atoms with van der Waals surface area (Å²) >= 11 is 11.7. The van der Waals surface area contributed by atoms with Crippen LogP contribution in [0.4, 0.5) is 11.4 Å². The number of aromatic nitrogens is 2. The van der Waals surface area contributed by atoms with Crippen LogP contribution in [0.2, 0.25) is 10.0 Å². The van der Waals surface area contributed by atoms with Gasteiger partial charge in [0.15, 0.2) is 11.4 Å². The van der Waals surface area contributed by atoms with Gasteiger partial charge in [-0.15, -0.1) is 5.11 Å². The van der Waals surface area contributed by atoms with Crippen LogP contribution in [0.25, 0.3) is 5.69 Å². The van der Waals surface area contributed by atoms with Gasteiger partial charge in [-0.05, 0) is 42.5 Å². The lowest BCUT2D eigenvalue weighted by Gasteiger charge is -2.02. The molecule has 3 aromatic rings. The minimum atomic E-state index is -4.42. The number of nitrogens with zero attached hydrogens (tertiary/aromatic N) is 3. The molecule has 0 aliphatic carbocycles. The summed E-state index contributed by atoms with van der Waals surface area (Å²) in [5, 5.41) is 19.7. The van der Waals surface area contributed by atoms with Gasteiger partial charge < -0.3 is 5.11 Å². The third kappa shape index (κ3) is 4.38. The molecule has 10 nitrogen and oxygen atoms in total. The second kappa shape index (κ2) is 7.79. The molecule has 0 fully saturated rings. The van der Waals surface area contributed by atoms with Crippen LogP contribution < -0.4 is 5.56 Å². The number of carbonyl (C=O) groups is 1. The van der Waals surface area contributed by atoms with E-state index in [2.05, 4.69) is 15.3 Å². The maximum Gasteiger partial charge on any atom is 0.356 e. The molecule has 29 heavy (non-hydrogen) atoms.